The van der Waals surface area contributed by atoms with Gasteiger partial charge in [0.25, 0.3) is 0 Å². The normalized spacial score (nSPS) is 20.8. The molecule has 172 valence electrons. The minimum Gasteiger partial charge on any atom is -0.441 e. The van der Waals surface area contributed by atoms with Crippen LogP contribution in [-0.4, -0.2) is 62.7 Å². The minimum atomic E-state index is -1.53. The van der Waals surface area contributed by atoms with E-state index in [0.29, 0.717) is 24.1 Å². The number of rotatable bonds is 7. The highest BCUT2D eigenvalue weighted by atomic mass is 19.1. The number of aromatic amines is 1. The first kappa shape index (κ1) is 22.0. The van der Waals surface area contributed by atoms with Gasteiger partial charge in [-0.3, -0.25) is 9.50 Å². The summed E-state index contributed by atoms with van der Waals surface area (Å²) in [4.78, 5) is 20.7. The quantitative estimate of drug-likeness (QED) is 0.504. The molecular formula is C20H26FN7O4. The molecule has 3 aromatic heterocycles. The molecule has 4 heterocycles. The van der Waals surface area contributed by atoms with E-state index in [1.807, 2.05) is 13.1 Å². The Bertz CT molecular complexity index is 1100. The number of aromatic nitrogens is 5. The average Bonchev–Trinajstić information content (AvgIpc) is 3.44. The summed E-state index contributed by atoms with van der Waals surface area (Å²) in [6, 6.07) is 1.52. The number of nitrogens with zero attached hydrogens (tertiary/aromatic N) is 4. The summed E-state index contributed by atoms with van der Waals surface area (Å²) in [5.74, 6) is 0.923. The number of hydrogen-bond donors (Lipinski definition) is 3. The lowest BCUT2D eigenvalue weighted by Gasteiger charge is -2.16. The average molecular weight is 447 g/mol. The van der Waals surface area contributed by atoms with Crippen LogP contribution in [0.1, 0.15) is 36.9 Å². The van der Waals surface area contributed by atoms with Gasteiger partial charge in [-0.15, -0.1) is 0 Å². The summed E-state index contributed by atoms with van der Waals surface area (Å²) in [5.41, 5.74) is 2.84. The standard InChI is InChI=1S/C20H26FN7O4/c1-10(2)23-20(29)32-14-9-31-17(16(14)21)13-5-15(27-26-13)25-19-22-6-11(3)18-24-12(8-30-4)7-28(18)19/h5-7,10,14,16-17H,8-9H2,1-4H3,(H,23,29)(H2,22,25,26,27)/t14-,16-,17-/m1/s1. The summed E-state index contributed by atoms with van der Waals surface area (Å²) < 4.78 is 32.5. The van der Waals surface area contributed by atoms with E-state index >= 15 is 0 Å². The SMILES string of the molecule is COCc1cn2c(Nc3cc([C@H]4OC[C@@H](OC(=O)NC(C)C)[C@H]4F)[nH]n3)ncc(C)c2n1. The summed E-state index contributed by atoms with van der Waals surface area (Å²) >= 11 is 0. The molecular weight excluding hydrogens is 421 g/mol. The number of aryl methyl sites for hydroxylation is 1. The number of methoxy groups -OCH3 is 1. The number of carbonyl (C=O) groups is 1. The first-order valence-corrected chi connectivity index (χ1v) is 10.2. The molecule has 1 amide bonds. The van der Waals surface area contributed by atoms with Crippen LogP contribution >= 0.6 is 0 Å². The molecule has 3 aromatic rings. The Kier molecular flexibility index (Phi) is 6.24. The van der Waals surface area contributed by atoms with Gasteiger partial charge in [0.1, 0.15) is 11.8 Å². The van der Waals surface area contributed by atoms with Crippen molar-refractivity contribution >= 4 is 23.5 Å². The Hall–Kier alpha value is -3.25. The number of alkyl carbamates (subject to hydrolysis) is 1. The lowest BCUT2D eigenvalue weighted by Crippen LogP contribution is -2.36. The maximum Gasteiger partial charge on any atom is 0.407 e. The molecule has 11 nitrogen and oxygen atoms in total. The van der Waals surface area contributed by atoms with E-state index in [9.17, 15) is 9.18 Å². The fourth-order valence-corrected chi connectivity index (χ4v) is 3.46. The highest BCUT2D eigenvalue weighted by Gasteiger charge is 2.42. The molecule has 3 N–H and O–H groups in total. The maximum atomic E-state index is 14.9. The number of alkyl halides is 1. The molecule has 32 heavy (non-hydrogen) atoms. The third kappa shape index (κ3) is 4.50. The second-order valence-corrected chi connectivity index (χ2v) is 7.90. The highest BCUT2D eigenvalue weighted by Crippen LogP contribution is 2.33. The molecule has 1 aliphatic rings. The molecule has 0 spiro atoms. The molecule has 1 aliphatic heterocycles. The Morgan fingerprint density at radius 1 is 1.47 bits per heavy atom. The lowest BCUT2D eigenvalue weighted by atomic mass is 10.1. The molecule has 1 saturated heterocycles. The Morgan fingerprint density at radius 3 is 3.03 bits per heavy atom. The molecule has 0 saturated carbocycles. The predicted molar refractivity (Wildman–Crippen MR) is 112 cm³/mol. The van der Waals surface area contributed by atoms with Crippen molar-refractivity contribution in [2.45, 2.75) is 51.8 Å². The lowest BCUT2D eigenvalue weighted by molar-refractivity contribution is 0.0615. The predicted octanol–water partition coefficient (Wildman–Crippen LogP) is 2.56. The summed E-state index contributed by atoms with van der Waals surface area (Å²) in [6.45, 7) is 5.83. The molecule has 12 heteroatoms. The van der Waals surface area contributed by atoms with Crippen LogP contribution in [0, 0.1) is 6.92 Å². The van der Waals surface area contributed by atoms with Crippen molar-refractivity contribution in [1.29, 1.82) is 0 Å². The van der Waals surface area contributed by atoms with E-state index in [1.165, 1.54) is 0 Å². The summed E-state index contributed by atoms with van der Waals surface area (Å²) in [7, 11) is 1.61. The molecule has 0 bridgehead atoms. The van der Waals surface area contributed by atoms with Gasteiger partial charge < -0.3 is 24.8 Å². The zero-order chi connectivity index (χ0) is 22.8. The van der Waals surface area contributed by atoms with E-state index in [-0.39, 0.29) is 12.6 Å². The zero-order valence-corrected chi connectivity index (χ0v) is 18.3. The number of hydrogen-bond acceptors (Lipinski definition) is 8. The van der Waals surface area contributed by atoms with Crippen LogP contribution in [0.5, 0.6) is 0 Å². The van der Waals surface area contributed by atoms with Gasteiger partial charge in [-0.05, 0) is 20.8 Å². The van der Waals surface area contributed by atoms with Gasteiger partial charge >= 0.3 is 6.09 Å². The van der Waals surface area contributed by atoms with Crippen LogP contribution in [0.4, 0.5) is 21.0 Å². The van der Waals surface area contributed by atoms with Crippen LogP contribution in [0.25, 0.3) is 5.65 Å². The van der Waals surface area contributed by atoms with E-state index < -0.39 is 24.5 Å². The number of fused-ring (bicyclic) bond motifs is 1. The van der Waals surface area contributed by atoms with Crippen LogP contribution in [0.15, 0.2) is 18.5 Å². The topological polar surface area (TPSA) is 128 Å². The van der Waals surface area contributed by atoms with Crippen LogP contribution in [0.3, 0.4) is 0 Å². The maximum absolute atomic E-state index is 14.9. The molecule has 0 unspecified atom stereocenters. The number of H-pyrrole nitrogens is 1. The smallest absolute Gasteiger partial charge is 0.407 e. The van der Waals surface area contributed by atoms with E-state index in [4.69, 9.17) is 14.2 Å². The van der Waals surface area contributed by atoms with Crippen molar-refractivity contribution < 1.29 is 23.4 Å². The third-order valence-electron chi connectivity index (χ3n) is 4.90. The fourth-order valence-electron chi connectivity index (χ4n) is 3.46. The van der Waals surface area contributed by atoms with E-state index in [1.54, 1.807) is 37.6 Å². The van der Waals surface area contributed by atoms with Crippen molar-refractivity contribution in [3.05, 3.63) is 35.4 Å². The summed E-state index contributed by atoms with van der Waals surface area (Å²) in [6.07, 6.45) is -0.598. The first-order valence-electron chi connectivity index (χ1n) is 10.2. The monoisotopic (exact) mass is 447 g/mol. The van der Waals surface area contributed by atoms with Crippen molar-refractivity contribution in [1.82, 2.24) is 29.9 Å². The van der Waals surface area contributed by atoms with Gasteiger partial charge in [-0.1, -0.05) is 0 Å². The fraction of sp³-hybridized carbons (Fsp3) is 0.500. The van der Waals surface area contributed by atoms with Gasteiger partial charge in [0.2, 0.25) is 5.95 Å². The highest BCUT2D eigenvalue weighted by molar-refractivity contribution is 5.67. The molecule has 4 rings (SSSR count). The largest absolute Gasteiger partial charge is 0.441 e. The second-order valence-electron chi connectivity index (χ2n) is 7.90. The van der Waals surface area contributed by atoms with Gasteiger partial charge in [0.05, 0.1) is 24.6 Å². The summed E-state index contributed by atoms with van der Waals surface area (Å²) in [5, 5.41) is 12.6. The number of anilines is 2. The van der Waals surface area contributed by atoms with E-state index in [0.717, 1.165) is 16.9 Å². The number of imidazole rings is 1. The number of amides is 1. The van der Waals surface area contributed by atoms with Gasteiger partial charge in [0.15, 0.2) is 18.1 Å². The Labute approximate surface area is 183 Å². The van der Waals surface area contributed by atoms with E-state index in [2.05, 4.69) is 30.8 Å². The van der Waals surface area contributed by atoms with Gasteiger partial charge in [-0.2, -0.15) is 5.10 Å². The first-order chi connectivity index (χ1) is 15.4. The van der Waals surface area contributed by atoms with Crippen molar-refractivity contribution in [2.24, 2.45) is 0 Å². The molecule has 0 aromatic carbocycles. The van der Waals surface area contributed by atoms with Gasteiger partial charge in [0, 0.05) is 37.2 Å². The van der Waals surface area contributed by atoms with Crippen LogP contribution in [0.2, 0.25) is 0 Å². The van der Waals surface area contributed by atoms with Crippen LogP contribution < -0.4 is 10.6 Å². The molecule has 0 radical (unpaired) electrons. The number of ether oxygens (including phenoxy) is 3. The number of nitrogens with one attached hydrogen (secondary N) is 3. The van der Waals surface area contributed by atoms with Gasteiger partial charge in [-0.25, -0.2) is 19.2 Å². The minimum absolute atomic E-state index is 0.0451. The van der Waals surface area contributed by atoms with Crippen molar-refractivity contribution in [3.8, 4) is 0 Å². The Balaban J connectivity index is 1.47. The number of carbonyl (C=O) groups excluding carboxylic acids is 1. The van der Waals surface area contributed by atoms with Crippen molar-refractivity contribution in [2.75, 3.05) is 19.0 Å². The Morgan fingerprint density at radius 2 is 2.28 bits per heavy atom. The second kappa shape index (κ2) is 9.09. The van der Waals surface area contributed by atoms with Crippen molar-refractivity contribution in [3.63, 3.8) is 0 Å². The third-order valence-corrected chi connectivity index (χ3v) is 4.90. The molecule has 0 aliphatic carbocycles. The van der Waals surface area contributed by atoms with Crippen LogP contribution in [-0.2, 0) is 20.8 Å². The zero-order valence-electron chi connectivity index (χ0n) is 18.3. The molecule has 1 fully saturated rings. The molecule has 3 atom stereocenters. The number of halogens is 1.